The van der Waals surface area contributed by atoms with Crippen LogP contribution in [0, 0.1) is 0 Å². The van der Waals surface area contributed by atoms with E-state index >= 15 is 0 Å². The van der Waals surface area contributed by atoms with Gasteiger partial charge in [0.25, 0.3) is 0 Å². The Morgan fingerprint density at radius 3 is 2.43 bits per heavy atom. The largest absolute Gasteiger partial charge is 0.481 e. The number of rotatable bonds is 3. The fraction of sp³-hybridized carbons (Fsp3) is 0.889. The third kappa shape index (κ3) is 2.67. The van der Waals surface area contributed by atoms with E-state index in [1.165, 1.54) is 0 Å². The van der Waals surface area contributed by atoms with Crippen LogP contribution < -0.4 is 0 Å². The van der Waals surface area contributed by atoms with Crippen molar-refractivity contribution in [3.63, 3.8) is 0 Å². The van der Waals surface area contributed by atoms with Crippen LogP contribution in [0.25, 0.3) is 0 Å². The number of carboxylic acid groups (broad SMARTS) is 1. The van der Waals surface area contributed by atoms with Crippen LogP contribution in [-0.4, -0.2) is 39.1 Å². The zero-order valence-electron chi connectivity index (χ0n) is 8.78. The number of carboxylic acids is 1. The molecule has 0 bridgehead atoms. The van der Waals surface area contributed by atoms with Gasteiger partial charge in [-0.1, -0.05) is 0 Å². The monoisotopic (exact) mass is 203 g/mol. The lowest BCUT2D eigenvalue weighted by Crippen LogP contribution is -2.38. The smallest absolute Gasteiger partial charge is 0.304 e. The minimum atomic E-state index is -1.18. The molecule has 0 saturated carbocycles. The molecule has 0 spiro atoms. The van der Waals surface area contributed by atoms with Crippen molar-refractivity contribution in [2.24, 2.45) is 0 Å². The molecule has 1 heterocycles. The third-order valence-electron chi connectivity index (χ3n) is 2.27. The molecule has 2 N–H and O–H groups in total. The molecule has 1 aliphatic heterocycles. The number of carbonyl (C=O) groups is 1. The molecule has 0 radical (unpaired) electrons. The first-order valence-corrected chi connectivity index (χ1v) is 4.64. The van der Waals surface area contributed by atoms with Crippen LogP contribution in [0.2, 0.25) is 0 Å². The molecule has 5 heteroatoms. The van der Waals surface area contributed by atoms with E-state index in [2.05, 4.69) is 0 Å². The molecular formula is C9H17NO4. The number of aliphatic carboxylic acids is 1. The average molecular weight is 203 g/mol. The molecule has 1 fully saturated rings. The molecule has 1 aliphatic rings. The van der Waals surface area contributed by atoms with Crippen molar-refractivity contribution in [2.45, 2.75) is 44.9 Å². The highest BCUT2D eigenvalue weighted by Gasteiger charge is 2.46. The van der Waals surface area contributed by atoms with E-state index in [0.29, 0.717) is 13.0 Å². The summed E-state index contributed by atoms with van der Waals surface area (Å²) in [5.41, 5.74) is -0.320. The van der Waals surface area contributed by atoms with Gasteiger partial charge >= 0.3 is 5.97 Å². The standard InChI is InChI=1S/C9H17NO4/c1-8(2)6-9(3,13)14-10(8)5-4-7(11)12/h13H,4-6H2,1-3H3,(H,11,12). The Labute approximate surface area is 83.2 Å². The fourth-order valence-corrected chi connectivity index (χ4v) is 1.83. The van der Waals surface area contributed by atoms with Crippen molar-refractivity contribution in [3.05, 3.63) is 0 Å². The second kappa shape index (κ2) is 3.49. The Hall–Kier alpha value is -0.650. The van der Waals surface area contributed by atoms with Gasteiger partial charge in [-0.05, 0) is 20.8 Å². The van der Waals surface area contributed by atoms with Crippen LogP contribution in [0.3, 0.4) is 0 Å². The third-order valence-corrected chi connectivity index (χ3v) is 2.27. The van der Waals surface area contributed by atoms with Gasteiger partial charge in [0.15, 0.2) is 5.79 Å². The second-order valence-electron chi connectivity index (χ2n) is 4.50. The molecule has 14 heavy (non-hydrogen) atoms. The van der Waals surface area contributed by atoms with Gasteiger partial charge in [0.2, 0.25) is 0 Å². The van der Waals surface area contributed by atoms with Gasteiger partial charge in [-0.2, -0.15) is 5.06 Å². The van der Waals surface area contributed by atoms with Crippen LogP contribution in [-0.2, 0) is 9.63 Å². The number of hydrogen-bond donors (Lipinski definition) is 2. The van der Waals surface area contributed by atoms with Gasteiger partial charge in [0, 0.05) is 18.5 Å². The highest BCUT2D eigenvalue weighted by atomic mass is 16.8. The highest BCUT2D eigenvalue weighted by Crippen LogP contribution is 2.36. The Kier molecular flexibility index (Phi) is 2.85. The summed E-state index contributed by atoms with van der Waals surface area (Å²) < 4.78 is 0. The zero-order chi connectivity index (χ0) is 11.0. The Morgan fingerprint density at radius 2 is 2.07 bits per heavy atom. The van der Waals surface area contributed by atoms with Gasteiger partial charge in [0.1, 0.15) is 0 Å². The molecule has 0 aromatic carbocycles. The van der Waals surface area contributed by atoms with E-state index in [4.69, 9.17) is 9.94 Å². The number of hydrogen-bond acceptors (Lipinski definition) is 4. The van der Waals surface area contributed by atoms with E-state index in [-0.39, 0.29) is 12.0 Å². The van der Waals surface area contributed by atoms with Crippen LogP contribution >= 0.6 is 0 Å². The van der Waals surface area contributed by atoms with Crippen molar-refractivity contribution >= 4 is 5.97 Å². The summed E-state index contributed by atoms with van der Waals surface area (Å²) in [6, 6.07) is 0. The van der Waals surface area contributed by atoms with Crippen LogP contribution in [0.1, 0.15) is 33.6 Å². The zero-order valence-corrected chi connectivity index (χ0v) is 8.78. The van der Waals surface area contributed by atoms with Crippen molar-refractivity contribution in [1.82, 2.24) is 5.06 Å². The molecule has 1 atom stereocenters. The summed E-state index contributed by atoms with van der Waals surface area (Å²) in [5, 5.41) is 19.7. The molecule has 0 aliphatic carbocycles. The first-order valence-electron chi connectivity index (χ1n) is 4.64. The van der Waals surface area contributed by atoms with Crippen LogP contribution in [0.5, 0.6) is 0 Å². The summed E-state index contributed by atoms with van der Waals surface area (Å²) in [6.45, 7) is 5.70. The Morgan fingerprint density at radius 1 is 1.50 bits per heavy atom. The normalized spacial score (nSPS) is 32.0. The fourth-order valence-electron chi connectivity index (χ4n) is 1.83. The highest BCUT2D eigenvalue weighted by molar-refractivity contribution is 5.66. The molecule has 5 nitrogen and oxygen atoms in total. The predicted molar refractivity (Wildman–Crippen MR) is 49.4 cm³/mol. The first-order chi connectivity index (χ1) is 6.23. The van der Waals surface area contributed by atoms with E-state index < -0.39 is 11.8 Å². The molecule has 1 saturated heterocycles. The first kappa shape index (κ1) is 11.4. The van der Waals surface area contributed by atoms with E-state index in [1.54, 1.807) is 12.0 Å². The second-order valence-corrected chi connectivity index (χ2v) is 4.50. The summed E-state index contributed by atoms with van der Waals surface area (Å²) in [7, 11) is 0. The van der Waals surface area contributed by atoms with Gasteiger partial charge in [-0.3, -0.25) is 9.63 Å². The maximum Gasteiger partial charge on any atom is 0.304 e. The van der Waals surface area contributed by atoms with E-state index in [0.717, 1.165) is 0 Å². The van der Waals surface area contributed by atoms with Crippen molar-refractivity contribution in [2.75, 3.05) is 6.54 Å². The molecule has 0 aromatic heterocycles. The van der Waals surface area contributed by atoms with Crippen LogP contribution in [0.15, 0.2) is 0 Å². The molecule has 0 aromatic rings. The van der Waals surface area contributed by atoms with Crippen molar-refractivity contribution in [1.29, 1.82) is 0 Å². The van der Waals surface area contributed by atoms with E-state index in [9.17, 15) is 9.90 Å². The van der Waals surface area contributed by atoms with Gasteiger partial charge in [-0.15, -0.1) is 0 Å². The van der Waals surface area contributed by atoms with Crippen molar-refractivity contribution < 1.29 is 19.8 Å². The summed E-state index contributed by atoms with van der Waals surface area (Å²) in [5.74, 6) is -2.04. The van der Waals surface area contributed by atoms with E-state index in [1.807, 2.05) is 13.8 Å². The topological polar surface area (TPSA) is 70.0 Å². The lowest BCUT2D eigenvalue weighted by atomic mass is 9.97. The quantitative estimate of drug-likeness (QED) is 0.702. The Balaban J connectivity index is 2.57. The lowest BCUT2D eigenvalue weighted by molar-refractivity contribution is -0.283. The van der Waals surface area contributed by atoms with Gasteiger partial charge < -0.3 is 10.2 Å². The Bertz CT molecular complexity index is 237. The molecule has 1 rings (SSSR count). The summed E-state index contributed by atoms with van der Waals surface area (Å²) in [4.78, 5) is 15.6. The lowest BCUT2D eigenvalue weighted by Gasteiger charge is -2.27. The molecule has 1 unspecified atom stereocenters. The average Bonchev–Trinajstić information content (AvgIpc) is 2.14. The maximum atomic E-state index is 10.4. The summed E-state index contributed by atoms with van der Waals surface area (Å²) in [6.07, 6.45) is 0.485. The number of hydroxylamine groups is 2. The summed E-state index contributed by atoms with van der Waals surface area (Å²) >= 11 is 0. The molecule has 0 amide bonds. The number of aliphatic hydroxyl groups is 1. The van der Waals surface area contributed by atoms with Gasteiger partial charge in [0.05, 0.1) is 6.42 Å². The molecular weight excluding hydrogens is 186 g/mol. The molecule has 82 valence electrons. The van der Waals surface area contributed by atoms with Crippen molar-refractivity contribution in [3.8, 4) is 0 Å². The SMILES string of the molecule is CC1(O)CC(C)(C)N(CCC(=O)O)O1. The van der Waals surface area contributed by atoms with Crippen LogP contribution in [0.4, 0.5) is 0 Å². The predicted octanol–water partition coefficient (Wildman–Crippen LogP) is 0.585. The maximum absolute atomic E-state index is 10.4. The minimum Gasteiger partial charge on any atom is -0.481 e. The minimum absolute atomic E-state index is 0.0134. The number of nitrogens with zero attached hydrogens (tertiary/aromatic N) is 1. The van der Waals surface area contributed by atoms with Gasteiger partial charge in [-0.25, -0.2) is 0 Å².